The Balaban J connectivity index is 2.54. The summed E-state index contributed by atoms with van der Waals surface area (Å²) in [4.78, 5) is 13.2. The predicted molar refractivity (Wildman–Crippen MR) is 72.6 cm³/mol. The molecule has 0 aliphatic rings. The third kappa shape index (κ3) is 2.20. The molecule has 0 amide bonds. The number of aryl methyl sites for hydroxylation is 1. The first-order valence-corrected chi connectivity index (χ1v) is 5.73. The summed E-state index contributed by atoms with van der Waals surface area (Å²) in [6.45, 7) is 1.92. The number of nitrogens with zero attached hydrogens (tertiary/aromatic N) is 1. The van der Waals surface area contributed by atoms with Gasteiger partial charge in [0.1, 0.15) is 0 Å². The first kappa shape index (κ1) is 12.2. The molecule has 2 rings (SSSR count). The average Bonchev–Trinajstić information content (AvgIpc) is 2.38. The molecule has 0 heterocycles. The van der Waals surface area contributed by atoms with Crippen LogP contribution in [0.1, 0.15) is 15.9 Å². The van der Waals surface area contributed by atoms with Gasteiger partial charge in [0.25, 0.3) is 0 Å². The molecule has 0 radical (unpaired) electrons. The van der Waals surface area contributed by atoms with Crippen molar-refractivity contribution in [3.05, 3.63) is 59.7 Å². The zero-order valence-corrected chi connectivity index (χ0v) is 10.4. The van der Waals surface area contributed by atoms with Crippen LogP contribution >= 0.6 is 0 Å². The minimum Gasteiger partial charge on any atom is -0.478 e. The average molecular weight is 241 g/mol. The quantitative estimate of drug-likeness (QED) is 0.894. The van der Waals surface area contributed by atoms with Gasteiger partial charge in [-0.05, 0) is 30.7 Å². The zero-order valence-electron chi connectivity index (χ0n) is 10.4. The highest BCUT2D eigenvalue weighted by Gasteiger charge is 2.16. The number of rotatable bonds is 3. The Hall–Kier alpha value is -2.29. The van der Waals surface area contributed by atoms with Crippen LogP contribution in [-0.4, -0.2) is 18.1 Å². The lowest BCUT2D eigenvalue weighted by Gasteiger charge is -2.23. The summed E-state index contributed by atoms with van der Waals surface area (Å²) in [6, 6.07) is 15.0. The standard InChI is InChI=1S/C15H15NO2/c1-11-7-6-10-13(15(17)18)14(11)16(2)12-8-4-3-5-9-12/h3-10H,1-2H3,(H,17,18). The number of hydrogen-bond donors (Lipinski definition) is 1. The summed E-state index contributed by atoms with van der Waals surface area (Å²) >= 11 is 0. The van der Waals surface area contributed by atoms with Crippen LogP contribution in [0.4, 0.5) is 11.4 Å². The van der Waals surface area contributed by atoms with Crippen molar-refractivity contribution in [3.63, 3.8) is 0 Å². The van der Waals surface area contributed by atoms with Crippen LogP contribution in [0.25, 0.3) is 0 Å². The SMILES string of the molecule is Cc1cccc(C(=O)O)c1N(C)c1ccccc1. The highest BCUT2D eigenvalue weighted by atomic mass is 16.4. The zero-order chi connectivity index (χ0) is 13.1. The minimum atomic E-state index is -0.906. The maximum Gasteiger partial charge on any atom is 0.337 e. The van der Waals surface area contributed by atoms with Crippen LogP contribution in [0.5, 0.6) is 0 Å². The first-order valence-electron chi connectivity index (χ1n) is 5.73. The molecule has 2 aromatic rings. The molecular weight excluding hydrogens is 226 g/mol. The maximum absolute atomic E-state index is 11.3. The molecule has 3 heteroatoms. The molecule has 0 fully saturated rings. The van der Waals surface area contributed by atoms with E-state index in [1.807, 2.05) is 55.3 Å². The molecule has 2 aromatic carbocycles. The number of para-hydroxylation sites is 2. The number of benzene rings is 2. The number of carboxylic acid groups (broad SMARTS) is 1. The van der Waals surface area contributed by atoms with Gasteiger partial charge in [0.2, 0.25) is 0 Å². The van der Waals surface area contributed by atoms with Crippen molar-refractivity contribution in [2.75, 3.05) is 11.9 Å². The summed E-state index contributed by atoms with van der Waals surface area (Å²) in [6.07, 6.45) is 0. The lowest BCUT2D eigenvalue weighted by Crippen LogP contribution is -2.15. The highest BCUT2D eigenvalue weighted by Crippen LogP contribution is 2.30. The molecular formula is C15H15NO2. The van der Waals surface area contributed by atoms with E-state index in [1.54, 1.807) is 12.1 Å². The van der Waals surface area contributed by atoms with Crippen molar-refractivity contribution in [1.29, 1.82) is 0 Å². The molecule has 0 spiro atoms. The van der Waals surface area contributed by atoms with Gasteiger partial charge in [-0.15, -0.1) is 0 Å². The van der Waals surface area contributed by atoms with Crippen LogP contribution in [0.3, 0.4) is 0 Å². The molecule has 0 saturated heterocycles. The number of aromatic carboxylic acids is 1. The van der Waals surface area contributed by atoms with E-state index in [4.69, 9.17) is 0 Å². The van der Waals surface area contributed by atoms with E-state index in [9.17, 15) is 9.90 Å². The van der Waals surface area contributed by atoms with E-state index in [0.717, 1.165) is 16.9 Å². The Labute approximate surface area is 106 Å². The largest absolute Gasteiger partial charge is 0.478 e. The Kier molecular flexibility index (Phi) is 3.33. The first-order chi connectivity index (χ1) is 8.61. The van der Waals surface area contributed by atoms with Crippen molar-refractivity contribution in [2.45, 2.75) is 6.92 Å². The van der Waals surface area contributed by atoms with Gasteiger partial charge >= 0.3 is 5.97 Å². The van der Waals surface area contributed by atoms with E-state index >= 15 is 0 Å². The molecule has 0 saturated carbocycles. The lowest BCUT2D eigenvalue weighted by molar-refractivity contribution is 0.0697. The van der Waals surface area contributed by atoms with E-state index in [2.05, 4.69) is 0 Å². The van der Waals surface area contributed by atoms with E-state index in [1.165, 1.54) is 0 Å². The third-order valence-corrected chi connectivity index (χ3v) is 2.95. The Morgan fingerprint density at radius 1 is 1.06 bits per heavy atom. The minimum absolute atomic E-state index is 0.321. The maximum atomic E-state index is 11.3. The number of anilines is 2. The van der Waals surface area contributed by atoms with Gasteiger partial charge in [0, 0.05) is 12.7 Å². The molecule has 0 unspecified atom stereocenters. The molecule has 0 aliphatic heterocycles. The Morgan fingerprint density at radius 3 is 2.33 bits per heavy atom. The summed E-state index contributed by atoms with van der Waals surface area (Å²) in [5.41, 5.74) is 2.97. The molecule has 0 bridgehead atoms. The number of carbonyl (C=O) groups is 1. The Morgan fingerprint density at radius 2 is 1.72 bits per heavy atom. The van der Waals surface area contributed by atoms with Gasteiger partial charge in [-0.25, -0.2) is 4.79 Å². The van der Waals surface area contributed by atoms with Gasteiger partial charge < -0.3 is 10.0 Å². The Bertz CT molecular complexity index is 564. The smallest absolute Gasteiger partial charge is 0.337 e. The van der Waals surface area contributed by atoms with Crippen LogP contribution in [0.15, 0.2) is 48.5 Å². The normalized spacial score (nSPS) is 10.1. The van der Waals surface area contributed by atoms with Crippen LogP contribution in [0.2, 0.25) is 0 Å². The fourth-order valence-corrected chi connectivity index (χ4v) is 2.06. The fourth-order valence-electron chi connectivity index (χ4n) is 2.06. The van der Waals surface area contributed by atoms with Crippen molar-refractivity contribution in [2.24, 2.45) is 0 Å². The van der Waals surface area contributed by atoms with Gasteiger partial charge in [-0.1, -0.05) is 30.3 Å². The van der Waals surface area contributed by atoms with Crippen molar-refractivity contribution in [3.8, 4) is 0 Å². The number of hydrogen-bond acceptors (Lipinski definition) is 2. The topological polar surface area (TPSA) is 40.5 Å². The van der Waals surface area contributed by atoms with Crippen molar-refractivity contribution in [1.82, 2.24) is 0 Å². The second kappa shape index (κ2) is 4.92. The predicted octanol–water partition coefficient (Wildman–Crippen LogP) is 3.46. The molecule has 1 N–H and O–H groups in total. The number of carboxylic acids is 1. The molecule has 0 aromatic heterocycles. The van der Waals surface area contributed by atoms with Crippen LogP contribution in [0, 0.1) is 6.92 Å². The van der Waals surface area contributed by atoms with E-state index in [0.29, 0.717) is 5.56 Å². The second-order valence-corrected chi connectivity index (χ2v) is 4.17. The second-order valence-electron chi connectivity index (χ2n) is 4.17. The molecule has 0 aliphatic carbocycles. The monoisotopic (exact) mass is 241 g/mol. The highest BCUT2D eigenvalue weighted by molar-refractivity contribution is 5.96. The third-order valence-electron chi connectivity index (χ3n) is 2.95. The van der Waals surface area contributed by atoms with Gasteiger partial charge in [-0.3, -0.25) is 0 Å². The summed E-state index contributed by atoms with van der Waals surface area (Å²) in [5, 5.41) is 9.26. The van der Waals surface area contributed by atoms with Crippen LogP contribution < -0.4 is 4.90 Å². The van der Waals surface area contributed by atoms with Crippen LogP contribution in [-0.2, 0) is 0 Å². The van der Waals surface area contributed by atoms with E-state index < -0.39 is 5.97 Å². The fraction of sp³-hybridized carbons (Fsp3) is 0.133. The molecule has 92 valence electrons. The lowest BCUT2D eigenvalue weighted by atomic mass is 10.1. The summed E-state index contributed by atoms with van der Waals surface area (Å²) in [7, 11) is 1.88. The van der Waals surface area contributed by atoms with Gasteiger partial charge in [0.15, 0.2) is 0 Å². The van der Waals surface area contributed by atoms with E-state index in [-0.39, 0.29) is 0 Å². The van der Waals surface area contributed by atoms with Crippen molar-refractivity contribution >= 4 is 17.3 Å². The van der Waals surface area contributed by atoms with Gasteiger partial charge in [-0.2, -0.15) is 0 Å². The summed E-state index contributed by atoms with van der Waals surface area (Å²) < 4.78 is 0. The van der Waals surface area contributed by atoms with Crippen molar-refractivity contribution < 1.29 is 9.90 Å². The molecule has 18 heavy (non-hydrogen) atoms. The molecule has 3 nitrogen and oxygen atoms in total. The van der Waals surface area contributed by atoms with Gasteiger partial charge in [0.05, 0.1) is 11.3 Å². The molecule has 0 atom stereocenters. The summed E-state index contributed by atoms with van der Waals surface area (Å²) in [5.74, 6) is -0.906.